The Morgan fingerprint density at radius 2 is 1.94 bits per heavy atom. The van der Waals surface area contributed by atoms with Crippen molar-refractivity contribution in [3.8, 4) is 0 Å². The largest absolute Gasteiger partial charge is 0.378 e. The van der Waals surface area contributed by atoms with Crippen LogP contribution >= 0.6 is 15.9 Å². The molecule has 0 bridgehead atoms. The minimum absolute atomic E-state index is 0.818. The number of halogens is 1. The lowest BCUT2D eigenvalue weighted by Gasteiger charge is -2.30. The number of morpholine rings is 1. The van der Waals surface area contributed by atoms with Gasteiger partial charge in [0, 0.05) is 37.3 Å². The number of nitrogens with zero attached hydrogens (tertiary/aromatic N) is 2. The summed E-state index contributed by atoms with van der Waals surface area (Å²) in [7, 11) is 4.12. The van der Waals surface area contributed by atoms with E-state index in [1.165, 1.54) is 11.4 Å². The van der Waals surface area contributed by atoms with Crippen molar-refractivity contribution in [2.45, 2.75) is 0 Å². The van der Waals surface area contributed by atoms with Crippen LogP contribution < -0.4 is 9.80 Å². The summed E-state index contributed by atoms with van der Waals surface area (Å²) in [5, 5.41) is 0. The summed E-state index contributed by atoms with van der Waals surface area (Å²) in [4.78, 5) is 4.48. The molecule has 0 aliphatic carbocycles. The molecule has 16 heavy (non-hydrogen) atoms. The fourth-order valence-electron chi connectivity index (χ4n) is 1.83. The van der Waals surface area contributed by atoms with Gasteiger partial charge in [-0.3, -0.25) is 0 Å². The minimum atomic E-state index is 0.818. The molecule has 0 aromatic heterocycles. The zero-order valence-electron chi connectivity index (χ0n) is 9.74. The molecule has 0 saturated carbocycles. The Kier molecular flexibility index (Phi) is 3.71. The maximum atomic E-state index is 5.37. The van der Waals surface area contributed by atoms with Crippen molar-refractivity contribution in [1.82, 2.24) is 0 Å². The standard InChI is InChI=1S/C12H17BrN2O/c1-14(2)10-3-4-11(13)12(9-10)15-5-7-16-8-6-15/h3-4,9H,5-8H2,1-2H3. The summed E-state index contributed by atoms with van der Waals surface area (Å²) in [5.41, 5.74) is 2.49. The van der Waals surface area contributed by atoms with Crippen LogP contribution in [0.15, 0.2) is 22.7 Å². The first-order chi connectivity index (χ1) is 7.68. The highest BCUT2D eigenvalue weighted by atomic mass is 79.9. The van der Waals surface area contributed by atoms with Crippen molar-refractivity contribution in [3.05, 3.63) is 22.7 Å². The second-order valence-corrected chi connectivity index (χ2v) is 4.98. The molecule has 1 heterocycles. The maximum Gasteiger partial charge on any atom is 0.0642 e. The lowest BCUT2D eigenvalue weighted by molar-refractivity contribution is 0.122. The third-order valence-corrected chi connectivity index (χ3v) is 3.47. The number of rotatable bonds is 2. The molecule has 1 aromatic carbocycles. The first kappa shape index (κ1) is 11.7. The summed E-state index contributed by atoms with van der Waals surface area (Å²) in [6.45, 7) is 3.57. The summed E-state index contributed by atoms with van der Waals surface area (Å²) in [6, 6.07) is 6.45. The molecular weight excluding hydrogens is 268 g/mol. The van der Waals surface area contributed by atoms with Crippen LogP contribution in [0.2, 0.25) is 0 Å². The molecule has 88 valence electrons. The Balaban J connectivity index is 2.27. The normalized spacial score (nSPS) is 16.3. The Hall–Kier alpha value is -0.740. The molecule has 1 aromatic rings. The van der Waals surface area contributed by atoms with E-state index in [2.05, 4.69) is 58.0 Å². The van der Waals surface area contributed by atoms with E-state index >= 15 is 0 Å². The van der Waals surface area contributed by atoms with Crippen molar-refractivity contribution in [2.75, 3.05) is 50.2 Å². The molecule has 0 unspecified atom stereocenters. The Bertz CT molecular complexity index is 362. The van der Waals surface area contributed by atoms with Gasteiger partial charge in [0.1, 0.15) is 0 Å². The molecule has 3 nitrogen and oxygen atoms in total. The third-order valence-electron chi connectivity index (χ3n) is 2.80. The fourth-order valence-corrected chi connectivity index (χ4v) is 2.32. The van der Waals surface area contributed by atoms with E-state index < -0.39 is 0 Å². The van der Waals surface area contributed by atoms with E-state index in [1.807, 2.05) is 0 Å². The second-order valence-electron chi connectivity index (χ2n) is 4.13. The highest BCUT2D eigenvalue weighted by Gasteiger charge is 2.14. The van der Waals surface area contributed by atoms with Crippen LogP contribution in [0.3, 0.4) is 0 Å². The van der Waals surface area contributed by atoms with E-state index in [1.54, 1.807) is 0 Å². The fraction of sp³-hybridized carbons (Fsp3) is 0.500. The van der Waals surface area contributed by atoms with E-state index in [0.717, 1.165) is 30.8 Å². The van der Waals surface area contributed by atoms with Crippen LogP contribution in [0.25, 0.3) is 0 Å². The molecule has 1 saturated heterocycles. The van der Waals surface area contributed by atoms with Crippen molar-refractivity contribution >= 4 is 27.3 Å². The highest BCUT2D eigenvalue weighted by Crippen LogP contribution is 2.30. The van der Waals surface area contributed by atoms with Crippen LogP contribution in [-0.4, -0.2) is 40.4 Å². The van der Waals surface area contributed by atoms with Crippen molar-refractivity contribution in [1.29, 1.82) is 0 Å². The summed E-state index contributed by atoms with van der Waals surface area (Å²) < 4.78 is 6.52. The average molecular weight is 285 g/mol. The van der Waals surface area contributed by atoms with Gasteiger partial charge in [-0.2, -0.15) is 0 Å². The number of anilines is 2. The van der Waals surface area contributed by atoms with Gasteiger partial charge in [0.25, 0.3) is 0 Å². The van der Waals surface area contributed by atoms with Gasteiger partial charge in [0.2, 0.25) is 0 Å². The smallest absolute Gasteiger partial charge is 0.0642 e. The predicted octanol–water partition coefficient (Wildman–Crippen LogP) is 2.35. The zero-order valence-corrected chi connectivity index (χ0v) is 11.3. The van der Waals surface area contributed by atoms with Gasteiger partial charge in [0.15, 0.2) is 0 Å². The van der Waals surface area contributed by atoms with E-state index in [9.17, 15) is 0 Å². The quantitative estimate of drug-likeness (QED) is 0.829. The Morgan fingerprint density at radius 1 is 1.25 bits per heavy atom. The molecular formula is C12H17BrN2O. The number of hydrogen-bond donors (Lipinski definition) is 0. The molecule has 1 aliphatic heterocycles. The van der Waals surface area contributed by atoms with Gasteiger partial charge in [-0.15, -0.1) is 0 Å². The van der Waals surface area contributed by atoms with Gasteiger partial charge in [0.05, 0.1) is 18.9 Å². The number of ether oxygens (including phenoxy) is 1. The summed E-state index contributed by atoms with van der Waals surface area (Å²) in [5.74, 6) is 0. The molecule has 0 N–H and O–H groups in total. The van der Waals surface area contributed by atoms with Crippen LogP contribution in [0, 0.1) is 0 Å². The lowest BCUT2D eigenvalue weighted by atomic mass is 10.2. The van der Waals surface area contributed by atoms with Crippen molar-refractivity contribution in [2.24, 2.45) is 0 Å². The number of hydrogen-bond acceptors (Lipinski definition) is 3. The van der Waals surface area contributed by atoms with Crippen molar-refractivity contribution < 1.29 is 4.74 Å². The van der Waals surface area contributed by atoms with Gasteiger partial charge < -0.3 is 14.5 Å². The molecule has 0 amide bonds. The number of benzene rings is 1. The molecule has 0 spiro atoms. The topological polar surface area (TPSA) is 15.7 Å². The Labute approximate surface area is 105 Å². The van der Waals surface area contributed by atoms with Gasteiger partial charge in [-0.05, 0) is 34.1 Å². The van der Waals surface area contributed by atoms with Gasteiger partial charge in [-0.25, -0.2) is 0 Å². The maximum absolute atomic E-state index is 5.37. The lowest BCUT2D eigenvalue weighted by Crippen LogP contribution is -2.36. The predicted molar refractivity (Wildman–Crippen MR) is 71.5 cm³/mol. The van der Waals surface area contributed by atoms with E-state index in [-0.39, 0.29) is 0 Å². The molecule has 0 radical (unpaired) electrons. The first-order valence-corrected chi connectivity index (χ1v) is 6.27. The van der Waals surface area contributed by atoms with E-state index in [0.29, 0.717) is 0 Å². The van der Waals surface area contributed by atoms with Crippen LogP contribution in [0.5, 0.6) is 0 Å². The Morgan fingerprint density at radius 3 is 2.56 bits per heavy atom. The summed E-state index contributed by atoms with van der Waals surface area (Å²) >= 11 is 3.61. The van der Waals surface area contributed by atoms with Crippen LogP contribution in [-0.2, 0) is 4.74 Å². The summed E-state index contributed by atoms with van der Waals surface area (Å²) in [6.07, 6.45) is 0. The SMILES string of the molecule is CN(C)c1ccc(Br)c(N2CCOCC2)c1. The average Bonchev–Trinajstić information content (AvgIpc) is 2.30. The van der Waals surface area contributed by atoms with Crippen LogP contribution in [0.4, 0.5) is 11.4 Å². The van der Waals surface area contributed by atoms with Crippen molar-refractivity contribution in [3.63, 3.8) is 0 Å². The van der Waals surface area contributed by atoms with E-state index in [4.69, 9.17) is 4.74 Å². The monoisotopic (exact) mass is 284 g/mol. The highest BCUT2D eigenvalue weighted by molar-refractivity contribution is 9.10. The molecule has 0 atom stereocenters. The minimum Gasteiger partial charge on any atom is -0.378 e. The first-order valence-electron chi connectivity index (χ1n) is 5.48. The molecule has 1 fully saturated rings. The van der Waals surface area contributed by atoms with Crippen LogP contribution in [0.1, 0.15) is 0 Å². The van der Waals surface area contributed by atoms with Gasteiger partial charge >= 0.3 is 0 Å². The molecule has 4 heteroatoms. The third kappa shape index (κ3) is 2.50. The molecule has 2 rings (SSSR count). The zero-order chi connectivity index (χ0) is 11.5. The molecule has 1 aliphatic rings. The second kappa shape index (κ2) is 5.06. The van der Waals surface area contributed by atoms with Gasteiger partial charge in [-0.1, -0.05) is 0 Å².